The normalized spacial score (nSPS) is 22.6. The van der Waals surface area contributed by atoms with Crippen LogP contribution in [0.2, 0.25) is 0 Å². The standard InChI is InChI=1S/C12H20N2O5/c1-5-18-9(16)12(6-8(15)13-7-12)14-10(17)19-11(2,3)4/h5-7H2,1-4H3,(H,13,15)(H,14,17). The Labute approximate surface area is 112 Å². The maximum atomic E-state index is 11.9. The number of hydrogen-bond donors (Lipinski definition) is 2. The van der Waals surface area contributed by atoms with Crippen LogP contribution in [0.15, 0.2) is 0 Å². The molecule has 1 unspecified atom stereocenters. The molecule has 0 aliphatic carbocycles. The highest BCUT2D eigenvalue weighted by atomic mass is 16.6. The van der Waals surface area contributed by atoms with Gasteiger partial charge in [-0.05, 0) is 27.7 Å². The van der Waals surface area contributed by atoms with Crippen LogP contribution < -0.4 is 10.6 Å². The van der Waals surface area contributed by atoms with Gasteiger partial charge in [0, 0.05) is 0 Å². The van der Waals surface area contributed by atoms with E-state index in [1.807, 2.05) is 0 Å². The summed E-state index contributed by atoms with van der Waals surface area (Å²) >= 11 is 0. The van der Waals surface area contributed by atoms with Gasteiger partial charge in [0.05, 0.1) is 19.6 Å². The Morgan fingerprint density at radius 2 is 2.05 bits per heavy atom. The van der Waals surface area contributed by atoms with Crippen LogP contribution in [0, 0.1) is 0 Å². The number of rotatable bonds is 3. The van der Waals surface area contributed by atoms with Gasteiger partial charge in [0.2, 0.25) is 5.91 Å². The quantitative estimate of drug-likeness (QED) is 0.722. The smallest absolute Gasteiger partial charge is 0.408 e. The summed E-state index contributed by atoms with van der Waals surface area (Å²) in [4.78, 5) is 35.0. The van der Waals surface area contributed by atoms with E-state index >= 15 is 0 Å². The molecule has 1 fully saturated rings. The monoisotopic (exact) mass is 272 g/mol. The maximum Gasteiger partial charge on any atom is 0.408 e. The Morgan fingerprint density at radius 3 is 2.47 bits per heavy atom. The van der Waals surface area contributed by atoms with Gasteiger partial charge < -0.3 is 20.1 Å². The molecule has 1 rings (SSSR count). The van der Waals surface area contributed by atoms with E-state index in [1.165, 1.54) is 0 Å². The first kappa shape index (κ1) is 15.3. The molecule has 0 bridgehead atoms. The number of ether oxygens (including phenoxy) is 2. The van der Waals surface area contributed by atoms with Gasteiger partial charge in [-0.25, -0.2) is 9.59 Å². The molecule has 1 aliphatic heterocycles. The van der Waals surface area contributed by atoms with E-state index in [0.29, 0.717) is 0 Å². The summed E-state index contributed by atoms with van der Waals surface area (Å²) in [5.74, 6) is -0.955. The van der Waals surface area contributed by atoms with E-state index in [-0.39, 0.29) is 25.5 Å². The van der Waals surface area contributed by atoms with Crippen LogP contribution in [0.1, 0.15) is 34.1 Å². The van der Waals surface area contributed by atoms with Crippen LogP contribution in [-0.2, 0) is 19.1 Å². The van der Waals surface area contributed by atoms with Crippen molar-refractivity contribution in [1.82, 2.24) is 10.6 Å². The molecule has 0 aromatic heterocycles. The fraction of sp³-hybridized carbons (Fsp3) is 0.750. The first-order chi connectivity index (χ1) is 8.68. The van der Waals surface area contributed by atoms with E-state index < -0.39 is 23.2 Å². The van der Waals surface area contributed by atoms with Gasteiger partial charge in [0.25, 0.3) is 0 Å². The summed E-state index contributed by atoms with van der Waals surface area (Å²) in [6.45, 7) is 6.96. The van der Waals surface area contributed by atoms with Crippen molar-refractivity contribution >= 4 is 18.0 Å². The van der Waals surface area contributed by atoms with Crippen molar-refractivity contribution in [3.63, 3.8) is 0 Å². The third-order valence-electron chi connectivity index (χ3n) is 2.46. The molecule has 108 valence electrons. The molecule has 0 spiro atoms. The molecule has 0 aromatic carbocycles. The van der Waals surface area contributed by atoms with Gasteiger partial charge in [-0.2, -0.15) is 0 Å². The summed E-state index contributed by atoms with van der Waals surface area (Å²) in [6, 6.07) is 0. The van der Waals surface area contributed by atoms with E-state index in [0.717, 1.165) is 0 Å². The third-order valence-corrected chi connectivity index (χ3v) is 2.46. The Bertz CT molecular complexity index is 388. The van der Waals surface area contributed by atoms with Crippen molar-refractivity contribution < 1.29 is 23.9 Å². The highest BCUT2D eigenvalue weighted by Gasteiger charge is 2.48. The first-order valence-corrected chi connectivity index (χ1v) is 6.13. The largest absolute Gasteiger partial charge is 0.464 e. The zero-order valence-corrected chi connectivity index (χ0v) is 11.7. The molecule has 2 N–H and O–H groups in total. The molecule has 1 atom stereocenters. The van der Waals surface area contributed by atoms with E-state index in [2.05, 4.69) is 10.6 Å². The molecule has 1 saturated heterocycles. The minimum Gasteiger partial charge on any atom is -0.464 e. The molecule has 7 nitrogen and oxygen atoms in total. The fourth-order valence-electron chi connectivity index (χ4n) is 1.70. The van der Waals surface area contributed by atoms with Crippen molar-refractivity contribution in [2.75, 3.05) is 13.2 Å². The Morgan fingerprint density at radius 1 is 1.42 bits per heavy atom. The number of alkyl carbamates (subject to hydrolysis) is 1. The summed E-state index contributed by atoms with van der Waals surface area (Å²) in [7, 11) is 0. The average Bonchev–Trinajstić information content (AvgIpc) is 2.58. The maximum absolute atomic E-state index is 11.9. The van der Waals surface area contributed by atoms with E-state index in [9.17, 15) is 14.4 Å². The third kappa shape index (κ3) is 4.11. The molecule has 1 heterocycles. The van der Waals surface area contributed by atoms with Gasteiger partial charge in [-0.15, -0.1) is 0 Å². The van der Waals surface area contributed by atoms with Gasteiger partial charge in [-0.1, -0.05) is 0 Å². The van der Waals surface area contributed by atoms with Crippen molar-refractivity contribution in [2.45, 2.75) is 45.3 Å². The Balaban J connectivity index is 2.79. The van der Waals surface area contributed by atoms with Gasteiger partial charge >= 0.3 is 12.1 Å². The van der Waals surface area contributed by atoms with Crippen LogP contribution in [0.25, 0.3) is 0 Å². The van der Waals surface area contributed by atoms with Crippen molar-refractivity contribution in [2.24, 2.45) is 0 Å². The van der Waals surface area contributed by atoms with E-state index in [4.69, 9.17) is 9.47 Å². The number of nitrogens with one attached hydrogen (secondary N) is 2. The minimum atomic E-state index is -1.38. The Hall–Kier alpha value is -1.79. The van der Waals surface area contributed by atoms with Crippen molar-refractivity contribution in [3.8, 4) is 0 Å². The van der Waals surface area contributed by atoms with Crippen LogP contribution in [-0.4, -0.2) is 42.3 Å². The molecule has 7 heteroatoms. The SMILES string of the molecule is CCOC(=O)C1(NC(=O)OC(C)(C)C)CNC(=O)C1. The lowest BCUT2D eigenvalue weighted by Crippen LogP contribution is -2.57. The van der Waals surface area contributed by atoms with Gasteiger partial charge in [0.15, 0.2) is 5.54 Å². The second-order valence-corrected chi connectivity index (χ2v) is 5.38. The predicted octanol–water partition coefficient (Wildman–Crippen LogP) is 0.333. The topological polar surface area (TPSA) is 93.7 Å². The van der Waals surface area contributed by atoms with E-state index in [1.54, 1.807) is 27.7 Å². The molecule has 19 heavy (non-hydrogen) atoms. The number of hydrogen-bond acceptors (Lipinski definition) is 5. The molecular weight excluding hydrogens is 252 g/mol. The molecule has 1 aliphatic rings. The Kier molecular flexibility index (Phi) is 4.39. The summed E-state index contributed by atoms with van der Waals surface area (Å²) in [5.41, 5.74) is -2.06. The predicted molar refractivity (Wildman–Crippen MR) is 66.4 cm³/mol. The lowest BCUT2D eigenvalue weighted by atomic mass is 9.99. The van der Waals surface area contributed by atoms with Crippen LogP contribution in [0.3, 0.4) is 0 Å². The minimum absolute atomic E-state index is 0.00388. The van der Waals surface area contributed by atoms with Crippen molar-refractivity contribution in [1.29, 1.82) is 0 Å². The summed E-state index contributed by atoms with van der Waals surface area (Å²) < 4.78 is 10.00. The zero-order chi connectivity index (χ0) is 14.7. The summed E-state index contributed by atoms with van der Waals surface area (Å²) in [6.07, 6.45) is -0.900. The first-order valence-electron chi connectivity index (χ1n) is 6.13. The highest BCUT2D eigenvalue weighted by Crippen LogP contribution is 2.19. The molecule has 0 radical (unpaired) electrons. The van der Waals surface area contributed by atoms with Crippen LogP contribution in [0.4, 0.5) is 4.79 Å². The van der Waals surface area contributed by atoms with Crippen molar-refractivity contribution in [3.05, 3.63) is 0 Å². The van der Waals surface area contributed by atoms with Crippen LogP contribution >= 0.6 is 0 Å². The second kappa shape index (κ2) is 5.46. The summed E-state index contributed by atoms with van der Waals surface area (Å²) in [5, 5.41) is 4.95. The highest BCUT2D eigenvalue weighted by molar-refractivity contribution is 5.95. The number of carbonyl (C=O) groups is 3. The fourth-order valence-corrected chi connectivity index (χ4v) is 1.70. The number of esters is 1. The lowest BCUT2D eigenvalue weighted by molar-refractivity contribution is -0.150. The number of carbonyl (C=O) groups excluding carboxylic acids is 3. The van der Waals surface area contributed by atoms with Crippen LogP contribution in [0.5, 0.6) is 0 Å². The lowest BCUT2D eigenvalue weighted by Gasteiger charge is -2.28. The second-order valence-electron chi connectivity index (χ2n) is 5.38. The number of amides is 2. The average molecular weight is 272 g/mol. The molecule has 0 saturated carbocycles. The van der Waals surface area contributed by atoms with Gasteiger partial charge in [-0.3, -0.25) is 4.79 Å². The molecular formula is C12H20N2O5. The molecule has 2 amide bonds. The molecule has 0 aromatic rings. The van der Waals surface area contributed by atoms with Gasteiger partial charge in [0.1, 0.15) is 5.60 Å². The zero-order valence-electron chi connectivity index (χ0n) is 11.7.